The van der Waals surface area contributed by atoms with Crippen molar-refractivity contribution in [2.24, 2.45) is 5.41 Å². The van der Waals surface area contributed by atoms with Gasteiger partial charge in [-0.25, -0.2) is 0 Å². The van der Waals surface area contributed by atoms with Gasteiger partial charge in [-0.15, -0.1) is 0 Å². The number of hydrogen-bond acceptors (Lipinski definition) is 5. The molecule has 5 rings (SSSR count). The van der Waals surface area contributed by atoms with Gasteiger partial charge < -0.3 is 9.47 Å². The van der Waals surface area contributed by atoms with Crippen LogP contribution in [0.5, 0.6) is 0 Å². The van der Waals surface area contributed by atoms with E-state index in [0.717, 1.165) is 22.4 Å². The predicted molar refractivity (Wildman–Crippen MR) is 139 cm³/mol. The Morgan fingerprint density at radius 2 is 1.24 bits per heavy atom. The number of pyridine rings is 1. The van der Waals surface area contributed by atoms with Crippen LogP contribution < -0.4 is 5.56 Å². The van der Waals surface area contributed by atoms with Crippen LogP contribution in [-0.4, -0.2) is 16.5 Å². The van der Waals surface area contributed by atoms with E-state index in [2.05, 4.69) is 0 Å². The van der Waals surface area contributed by atoms with Crippen LogP contribution in [0.1, 0.15) is 27.9 Å². The highest BCUT2D eigenvalue weighted by Crippen LogP contribution is 2.41. The zero-order valence-corrected chi connectivity index (χ0v) is 20.6. The number of aromatic nitrogens is 1. The maximum absolute atomic E-state index is 13.6. The molecule has 0 fully saturated rings. The molecule has 1 heterocycles. The van der Waals surface area contributed by atoms with Crippen molar-refractivity contribution in [3.8, 4) is 5.69 Å². The minimum Gasteiger partial charge on any atom is -0.460 e. The summed E-state index contributed by atoms with van der Waals surface area (Å²) in [5.74, 6) is -1.30. The van der Waals surface area contributed by atoms with Gasteiger partial charge in [-0.2, -0.15) is 0 Å². The van der Waals surface area contributed by atoms with E-state index in [0.29, 0.717) is 11.3 Å². The number of ether oxygens (including phenoxy) is 2. The van der Waals surface area contributed by atoms with Gasteiger partial charge in [0.1, 0.15) is 13.2 Å². The van der Waals surface area contributed by atoms with E-state index in [9.17, 15) is 14.4 Å². The number of rotatable bonds is 7. The highest BCUT2D eigenvalue weighted by atomic mass is 16.6. The molecule has 0 radical (unpaired) electrons. The third-order valence-electron chi connectivity index (χ3n) is 6.87. The SMILES string of the molecule is Cc1c2c(cc(=O)n1-c1ccccc1)CC(C(=O)OCc1ccccc1)(C(=O)OCc1ccccc1)C2. The van der Waals surface area contributed by atoms with E-state index in [1.54, 1.807) is 4.57 Å². The highest BCUT2D eigenvalue weighted by molar-refractivity contribution is 6.01. The first-order chi connectivity index (χ1) is 18.0. The van der Waals surface area contributed by atoms with Crippen LogP contribution in [0.25, 0.3) is 5.69 Å². The molecule has 37 heavy (non-hydrogen) atoms. The lowest BCUT2D eigenvalue weighted by atomic mass is 9.84. The van der Waals surface area contributed by atoms with Gasteiger partial charge in [0.15, 0.2) is 5.41 Å². The Kier molecular flexibility index (Phi) is 6.73. The second-order valence-electron chi connectivity index (χ2n) is 9.30. The first-order valence-electron chi connectivity index (χ1n) is 12.2. The molecule has 6 heteroatoms. The normalized spacial score (nSPS) is 13.5. The number of para-hydroxylation sites is 1. The fourth-order valence-electron chi connectivity index (χ4n) is 4.91. The summed E-state index contributed by atoms with van der Waals surface area (Å²) in [6.07, 6.45) is 0.151. The first kappa shape index (κ1) is 24.3. The Bertz CT molecular complexity index is 1420. The maximum atomic E-state index is 13.6. The number of carbonyl (C=O) groups excluding carboxylic acids is 2. The van der Waals surface area contributed by atoms with E-state index < -0.39 is 17.4 Å². The Morgan fingerprint density at radius 1 is 0.757 bits per heavy atom. The first-order valence-corrected chi connectivity index (χ1v) is 12.2. The lowest BCUT2D eigenvalue weighted by Crippen LogP contribution is -2.43. The van der Waals surface area contributed by atoms with Gasteiger partial charge in [0.05, 0.1) is 0 Å². The Hall–Kier alpha value is -4.45. The maximum Gasteiger partial charge on any atom is 0.324 e. The van der Waals surface area contributed by atoms with Crippen LogP contribution in [0.2, 0.25) is 0 Å². The molecule has 6 nitrogen and oxygen atoms in total. The van der Waals surface area contributed by atoms with Crippen molar-refractivity contribution in [1.82, 2.24) is 4.57 Å². The summed E-state index contributed by atoms with van der Waals surface area (Å²) in [5.41, 5.74) is 2.73. The molecule has 0 spiro atoms. The topological polar surface area (TPSA) is 74.6 Å². The minimum absolute atomic E-state index is 0.0412. The molecule has 0 saturated carbocycles. The quantitative estimate of drug-likeness (QED) is 0.275. The van der Waals surface area contributed by atoms with Gasteiger partial charge in [-0.1, -0.05) is 78.9 Å². The van der Waals surface area contributed by atoms with Gasteiger partial charge in [0, 0.05) is 30.3 Å². The van der Waals surface area contributed by atoms with Crippen molar-refractivity contribution in [2.45, 2.75) is 33.0 Å². The lowest BCUT2D eigenvalue weighted by molar-refractivity contribution is -0.173. The highest BCUT2D eigenvalue weighted by Gasteiger charge is 2.54. The van der Waals surface area contributed by atoms with Crippen LogP contribution in [0, 0.1) is 12.3 Å². The number of nitrogens with zero attached hydrogens (tertiary/aromatic N) is 1. The zero-order valence-electron chi connectivity index (χ0n) is 20.6. The van der Waals surface area contributed by atoms with Crippen molar-refractivity contribution in [3.63, 3.8) is 0 Å². The summed E-state index contributed by atoms with van der Waals surface area (Å²) < 4.78 is 13.0. The second kappa shape index (κ2) is 10.3. The molecular weight excluding hydrogens is 466 g/mol. The van der Waals surface area contributed by atoms with Crippen LogP contribution >= 0.6 is 0 Å². The average Bonchev–Trinajstić information content (AvgIpc) is 3.33. The number of fused-ring (bicyclic) bond motifs is 1. The summed E-state index contributed by atoms with van der Waals surface area (Å²) >= 11 is 0. The van der Waals surface area contributed by atoms with E-state index in [-0.39, 0.29) is 31.6 Å². The molecule has 0 unspecified atom stereocenters. The van der Waals surface area contributed by atoms with Crippen LogP contribution in [0.15, 0.2) is 102 Å². The predicted octanol–water partition coefficient (Wildman–Crippen LogP) is 4.72. The molecule has 1 aliphatic rings. The van der Waals surface area contributed by atoms with E-state index in [1.807, 2.05) is 97.9 Å². The standard InChI is InChI=1S/C31H27NO5/c1-22-27-19-31(29(34)36-20-23-11-5-2-6-12-23,30(35)37-21-24-13-7-3-8-14-24)18-25(27)17-28(33)32(22)26-15-9-4-10-16-26/h2-17H,18-21H2,1H3. The van der Waals surface area contributed by atoms with Crippen molar-refractivity contribution in [2.75, 3.05) is 0 Å². The number of benzene rings is 3. The second-order valence-corrected chi connectivity index (χ2v) is 9.30. The van der Waals surface area contributed by atoms with Crippen LogP contribution in [0.3, 0.4) is 0 Å². The summed E-state index contributed by atoms with van der Waals surface area (Å²) in [7, 11) is 0. The average molecular weight is 494 g/mol. The molecule has 0 atom stereocenters. The molecule has 0 amide bonds. The fourth-order valence-corrected chi connectivity index (χ4v) is 4.91. The Balaban J connectivity index is 1.48. The summed E-state index contributed by atoms with van der Waals surface area (Å²) in [5, 5.41) is 0. The fraction of sp³-hybridized carbons (Fsp3) is 0.194. The summed E-state index contributed by atoms with van der Waals surface area (Å²) in [6.45, 7) is 1.92. The number of esters is 2. The molecule has 0 aliphatic heterocycles. The third kappa shape index (κ3) is 4.83. The Morgan fingerprint density at radius 3 is 1.76 bits per heavy atom. The van der Waals surface area contributed by atoms with Crippen molar-refractivity contribution < 1.29 is 19.1 Å². The number of hydrogen-bond donors (Lipinski definition) is 0. The van der Waals surface area contributed by atoms with Gasteiger partial charge in [-0.05, 0) is 41.3 Å². The third-order valence-corrected chi connectivity index (χ3v) is 6.87. The molecule has 186 valence electrons. The molecule has 3 aromatic carbocycles. The zero-order chi connectivity index (χ0) is 25.8. The van der Waals surface area contributed by atoms with E-state index >= 15 is 0 Å². The molecule has 1 aliphatic carbocycles. The minimum atomic E-state index is -1.57. The van der Waals surface area contributed by atoms with Gasteiger partial charge in [0.25, 0.3) is 5.56 Å². The molecular formula is C31H27NO5. The summed E-state index contributed by atoms with van der Waals surface area (Å²) in [4.78, 5) is 40.3. The van der Waals surface area contributed by atoms with Crippen molar-refractivity contribution in [1.29, 1.82) is 0 Å². The lowest BCUT2D eigenvalue weighted by Gasteiger charge is -2.25. The molecule has 0 saturated heterocycles. The monoisotopic (exact) mass is 493 g/mol. The van der Waals surface area contributed by atoms with Gasteiger partial charge >= 0.3 is 11.9 Å². The largest absolute Gasteiger partial charge is 0.460 e. The molecule has 0 bridgehead atoms. The molecule has 0 N–H and O–H groups in total. The molecule has 4 aromatic rings. The van der Waals surface area contributed by atoms with Crippen molar-refractivity contribution in [3.05, 3.63) is 135 Å². The van der Waals surface area contributed by atoms with Gasteiger partial charge in [0.2, 0.25) is 0 Å². The van der Waals surface area contributed by atoms with E-state index in [4.69, 9.17) is 9.47 Å². The van der Waals surface area contributed by atoms with Crippen molar-refractivity contribution >= 4 is 11.9 Å². The van der Waals surface area contributed by atoms with Crippen LogP contribution in [0.4, 0.5) is 0 Å². The smallest absolute Gasteiger partial charge is 0.324 e. The summed E-state index contributed by atoms with van der Waals surface area (Å²) in [6, 6.07) is 29.5. The Labute approximate surface area is 215 Å². The van der Waals surface area contributed by atoms with E-state index in [1.165, 1.54) is 6.07 Å². The van der Waals surface area contributed by atoms with Crippen LogP contribution in [-0.2, 0) is 45.1 Å². The molecule has 1 aromatic heterocycles. The van der Waals surface area contributed by atoms with Gasteiger partial charge in [-0.3, -0.25) is 19.0 Å². The number of carbonyl (C=O) groups is 2.